The smallest absolute Gasteiger partial charge is 0.276 e. The van der Waals surface area contributed by atoms with Crippen LogP contribution in [0.5, 0.6) is 5.75 Å². The summed E-state index contributed by atoms with van der Waals surface area (Å²) in [5, 5.41) is 17.5. The van der Waals surface area contributed by atoms with Gasteiger partial charge >= 0.3 is 0 Å². The molecule has 0 unspecified atom stereocenters. The molecule has 28 heavy (non-hydrogen) atoms. The minimum Gasteiger partial charge on any atom is -0.493 e. The highest BCUT2D eigenvalue weighted by atomic mass is 32.2. The fraction of sp³-hybridized carbons (Fsp3) is 0.286. The fourth-order valence-electron chi connectivity index (χ4n) is 2.70. The first-order chi connectivity index (χ1) is 13.7. The SMILES string of the molecule is CCN(CC)c1ccc(-c2nnc(SCCOc3ccc(C#N)cc3)o2)cc1. The van der Waals surface area contributed by atoms with Crippen molar-refractivity contribution < 1.29 is 9.15 Å². The third kappa shape index (κ3) is 5.05. The van der Waals surface area contributed by atoms with E-state index in [0.29, 0.717) is 29.0 Å². The molecule has 0 N–H and O–H groups in total. The molecule has 0 radical (unpaired) electrons. The van der Waals surface area contributed by atoms with Gasteiger partial charge in [-0.25, -0.2) is 0 Å². The molecule has 0 fully saturated rings. The van der Waals surface area contributed by atoms with Gasteiger partial charge in [0.25, 0.3) is 5.22 Å². The van der Waals surface area contributed by atoms with Gasteiger partial charge in [0.15, 0.2) is 0 Å². The van der Waals surface area contributed by atoms with Crippen LogP contribution in [0.3, 0.4) is 0 Å². The van der Waals surface area contributed by atoms with Crippen molar-refractivity contribution in [2.24, 2.45) is 0 Å². The second-order valence-corrected chi connectivity index (χ2v) is 6.97. The Morgan fingerprint density at radius 1 is 1.04 bits per heavy atom. The molecule has 3 rings (SSSR count). The van der Waals surface area contributed by atoms with Gasteiger partial charge in [0, 0.05) is 30.1 Å². The Morgan fingerprint density at radius 3 is 2.39 bits per heavy atom. The van der Waals surface area contributed by atoms with Crippen molar-refractivity contribution in [3.8, 4) is 23.3 Å². The minimum absolute atomic E-state index is 0.507. The van der Waals surface area contributed by atoms with Gasteiger partial charge in [-0.3, -0.25) is 0 Å². The van der Waals surface area contributed by atoms with Gasteiger partial charge in [-0.2, -0.15) is 5.26 Å². The number of aromatic nitrogens is 2. The normalized spacial score (nSPS) is 10.5. The standard InChI is InChI=1S/C21H22N4O2S/c1-3-25(4-2)18-9-7-17(8-10-18)20-23-24-21(27-20)28-14-13-26-19-11-5-16(15-22)6-12-19/h5-12H,3-4,13-14H2,1-2H3. The summed E-state index contributed by atoms with van der Waals surface area (Å²) in [7, 11) is 0. The van der Waals surface area contributed by atoms with Crippen LogP contribution >= 0.6 is 11.8 Å². The van der Waals surface area contributed by atoms with Crippen LogP contribution in [0.25, 0.3) is 11.5 Å². The Bertz CT molecular complexity index is 913. The van der Waals surface area contributed by atoms with Gasteiger partial charge in [-0.15, -0.1) is 10.2 Å². The Balaban J connectivity index is 1.50. The molecule has 0 saturated heterocycles. The van der Waals surface area contributed by atoms with E-state index in [4.69, 9.17) is 14.4 Å². The molecule has 0 aliphatic heterocycles. The lowest BCUT2D eigenvalue weighted by Crippen LogP contribution is -2.21. The zero-order chi connectivity index (χ0) is 19.8. The molecule has 0 atom stereocenters. The lowest BCUT2D eigenvalue weighted by molar-refractivity contribution is 0.343. The van der Waals surface area contributed by atoms with Crippen LogP contribution in [0.15, 0.2) is 58.2 Å². The van der Waals surface area contributed by atoms with Gasteiger partial charge in [0.1, 0.15) is 5.75 Å². The highest BCUT2D eigenvalue weighted by Gasteiger charge is 2.10. The van der Waals surface area contributed by atoms with Crippen molar-refractivity contribution in [1.29, 1.82) is 5.26 Å². The van der Waals surface area contributed by atoms with Gasteiger partial charge in [-0.05, 0) is 62.4 Å². The number of nitriles is 1. The number of ether oxygens (including phenoxy) is 1. The van der Waals surface area contributed by atoms with Gasteiger partial charge in [0.05, 0.1) is 18.2 Å². The molecule has 0 bridgehead atoms. The fourth-order valence-corrected chi connectivity index (χ4v) is 3.28. The van der Waals surface area contributed by atoms with E-state index in [1.54, 1.807) is 24.3 Å². The molecule has 0 aliphatic rings. The van der Waals surface area contributed by atoms with E-state index in [0.717, 1.165) is 24.4 Å². The molecule has 0 spiro atoms. The Hall–Kier alpha value is -2.98. The second kappa shape index (κ2) is 9.81. The summed E-state index contributed by atoms with van der Waals surface area (Å²) in [6, 6.07) is 17.3. The van der Waals surface area contributed by atoms with Gasteiger partial charge < -0.3 is 14.1 Å². The van der Waals surface area contributed by atoms with E-state index >= 15 is 0 Å². The second-order valence-electron chi connectivity index (χ2n) is 5.93. The molecular formula is C21H22N4O2S. The Labute approximate surface area is 169 Å². The van der Waals surface area contributed by atoms with Crippen molar-refractivity contribution in [3.63, 3.8) is 0 Å². The van der Waals surface area contributed by atoms with E-state index in [9.17, 15) is 0 Å². The van der Waals surface area contributed by atoms with E-state index in [-0.39, 0.29) is 0 Å². The zero-order valence-corrected chi connectivity index (χ0v) is 16.8. The lowest BCUT2D eigenvalue weighted by Gasteiger charge is -2.20. The molecule has 2 aromatic carbocycles. The molecular weight excluding hydrogens is 372 g/mol. The van der Waals surface area contributed by atoms with Crippen LogP contribution < -0.4 is 9.64 Å². The largest absolute Gasteiger partial charge is 0.493 e. The molecule has 0 aliphatic carbocycles. The van der Waals surface area contributed by atoms with Gasteiger partial charge in [-0.1, -0.05) is 11.8 Å². The summed E-state index contributed by atoms with van der Waals surface area (Å²) < 4.78 is 11.4. The topological polar surface area (TPSA) is 75.2 Å². The lowest BCUT2D eigenvalue weighted by atomic mass is 10.2. The van der Waals surface area contributed by atoms with Crippen LogP contribution in [0.4, 0.5) is 5.69 Å². The Kier molecular flexibility index (Phi) is 6.93. The number of thioether (sulfide) groups is 1. The molecule has 3 aromatic rings. The first kappa shape index (κ1) is 19.8. The molecule has 144 valence electrons. The summed E-state index contributed by atoms with van der Waals surface area (Å²) >= 11 is 1.45. The van der Waals surface area contributed by atoms with Crippen LogP contribution in [0.1, 0.15) is 19.4 Å². The molecule has 1 heterocycles. The molecule has 7 heteroatoms. The summed E-state index contributed by atoms with van der Waals surface area (Å²) in [6.07, 6.45) is 0. The average Bonchev–Trinajstić information content (AvgIpc) is 3.22. The number of rotatable bonds is 9. The van der Waals surface area contributed by atoms with Crippen LogP contribution in [-0.4, -0.2) is 35.6 Å². The van der Waals surface area contributed by atoms with Crippen LogP contribution in [-0.2, 0) is 0 Å². The molecule has 6 nitrogen and oxygen atoms in total. The minimum atomic E-state index is 0.507. The van der Waals surface area contributed by atoms with Crippen LogP contribution in [0, 0.1) is 11.3 Å². The predicted octanol–water partition coefficient (Wildman–Crippen LogP) is 4.63. The van der Waals surface area contributed by atoms with E-state index < -0.39 is 0 Å². The first-order valence-corrected chi connectivity index (χ1v) is 10.2. The summed E-state index contributed by atoms with van der Waals surface area (Å²) in [6.45, 7) is 6.74. The monoisotopic (exact) mass is 394 g/mol. The van der Waals surface area contributed by atoms with Crippen molar-refractivity contribution in [1.82, 2.24) is 10.2 Å². The number of anilines is 1. The zero-order valence-electron chi connectivity index (χ0n) is 16.0. The van der Waals surface area contributed by atoms with Crippen molar-refractivity contribution in [3.05, 3.63) is 54.1 Å². The average molecular weight is 395 g/mol. The molecule has 1 aromatic heterocycles. The molecule has 0 amide bonds. The highest BCUT2D eigenvalue weighted by molar-refractivity contribution is 7.99. The van der Waals surface area contributed by atoms with E-state index in [2.05, 4.69) is 47.1 Å². The third-order valence-electron chi connectivity index (χ3n) is 4.21. The first-order valence-electron chi connectivity index (χ1n) is 9.18. The summed E-state index contributed by atoms with van der Waals surface area (Å²) in [5.74, 6) is 1.93. The number of hydrogen-bond acceptors (Lipinski definition) is 7. The van der Waals surface area contributed by atoms with E-state index in [1.807, 2.05) is 12.1 Å². The highest BCUT2D eigenvalue weighted by Crippen LogP contribution is 2.25. The van der Waals surface area contributed by atoms with Crippen LogP contribution in [0.2, 0.25) is 0 Å². The van der Waals surface area contributed by atoms with Crippen molar-refractivity contribution >= 4 is 17.4 Å². The number of nitrogens with zero attached hydrogens (tertiary/aromatic N) is 4. The Morgan fingerprint density at radius 2 is 1.75 bits per heavy atom. The van der Waals surface area contributed by atoms with Gasteiger partial charge in [0.2, 0.25) is 5.89 Å². The maximum atomic E-state index is 8.79. The summed E-state index contributed by atoms with van der Waals surface area (Å²) in [5.41, 5.74) is 2.71. The number of benzene rings is 2. The predicted molar refractivity (Wildman–Crippen MR) is 111 cm³/mol. The van der Waals surface area contributed by atoms with Crippen molar-refractivity contribution in [2.75, 3.05) is 30.3 Å². The maximum absolute atomic E-state index is 8.79. The third-order valence-corrected chi connectivity index (χ3v) is 4.99. The molecule has 0 saturated carbocycles. The summed E-state index contributed by atoms with van der Waals surface area (Å²) in [4.78, 5) is 2.28. The number of hydrogen-bond donors (Lipinski definition) is 0. The van der Waals surface area contributed by atoms with E-state index in [1.165, 1.54) is 17.4 Å². The quantitative estimate of drug-likeness (QED) is 0.387. The van der Waals surface area contributed by atoms with Crippen molar-refractivity contribution in [2.45, 2.75) is 19.1 Å². The maximum Gasteiger partial charge on any atom is 0.276 e.